The van der Waals surface area contributed by atoms with E-state index in [9.17, 15) is 14.4 Å². The topological polar surface area (TPSA) is 104 Å². The van der Waals surface area contributed by atoms with Crippen LogP contribution < -0.4 is 16.6 Å². The molecular formula is C11H17N3O4. The molecule has 1 atom stereocenters. The summed E-state index contributed by atoms with van der Waals surface area (Å²) in [6.45, 7) is 3.16. The quantitative estimate of drug-likeness (QED) is 0.615. The normalized spacial score (nSPS) is 13.9. The van der Waals surface area contributed by atoms with Crippen molar-refractivity contribution in [1.29, 1.82) is 0 Å². The second-order valence-corrected chi connectivity index (χ2v) is 4.36. The van der Waals surface area contributed by atoms with E-state index in [-0.39, 0.29) is 13.2 Å². The lowest BCUT2D eigenvalue weighted by Crippen LogP contribution is -2.50. The van der Waals surface area contributed by atoms with Gasteiger partial charge in [-0.15, -0.1) is 0 Å². The van der Waals surface area contributed by atoms with Crippen molar-refractivity contribution in [2.75, 3.05) is 6.61 Å². The minimum absolute atomic E-state index is 0.185. The summed E-state index contributed by atoms with van der Waals surface area (Å²) in [4.78, 5) is 36.0. The molecule has 0 aliphatic rings. The molecule has 0 aliphatic carbocycles. The summed E-state index contributed by atoms with van der Waals surface area (Å²) in [6, 6.07) is 1.17. The van der Waals surface area contributed by atoms with E-state index >= 15 is 0 Å². The molecule has 3 N–H and O–H groups in total. The third-order valence-corrected chi connectivity index (χ3v) is 2.78. The van der Waals surface area contributed by atoms with Crippen LogP contribution in [0.3, 0.4) is 0 Å². The predicted octanol–water partition coefficient (Wildman–Crippen LogP) is -1.19. The van der Waals surface area contributed by atoms with Crippen LogP contribution >= 0.6 is 0 Å². The lowest BCUT2D eigenvalue weighted by Gasteiger charge is -2.27. The van der Waals surface area contributed by atoms with Crippen LogP contribution in [0, 0.1) is 0 Å². The van der Waals surface area contributed by atoms with Crippen LogP contribution in [0.2, 0.25) is 0 Å². The maximum absolute atomic E-state index is 11.7. The van der Waals surface area contributed by atoms with Gasteiger partial charge in [-0.25, -0.2) is 4.79 Å². The van der Waals surface area contributed by atoms with Gasteiger partial charge in [0.2, 0.25) is 5.91 Å². The molecule has 0 bridgehead atoms. The summed E-state index contributed by atoms with van der Waals surface area (Å²) in [6.07, 6.45) is 1.82. The van der Waals surface area contributed by atoms with Crippen LogP contribution in [-0.4, -0.2) is 32.7 Å². The van der Waals surface area contributed by atoms with Gasteiger partial charge in [0, 0.05) is 12.3 Å². The number of hydrogen-bond donors (Lipinski definition) is 3. The molecule has 1 rings (SSSR count). The molecule has 1 aromatic heterocycles. The van der Waals surface area contributed by atoms with Crippen LogP contribution in [-0.2, 0) is 11.3 Å². The van der Waals surface area contributed by atoms with E-state index < -0.39 is 22.7 Å². The number of aliphatic hydroxyl groups is 1. The lowest BCUT2D eigenvalue weighted by atomic mass is 10.0. The Morgan fingerprint density at radius 1 is 1.56 bits per heavy atom. The third kappa shape index (κ3) is 3.56. The van der Waals surface area contributed by atoms with Crippen LogP contribution in [0.25, 0.3) is 0 Å². The molecule has 0 aliphatic heterocycles. The number of amides is 1. The largest absolute Gasteiger partial charge is 0.394 e. The Labute approximate surface area is 103 Å². The molecule has 0 radical (unpaired) electrons. The molecule has 7 heteroatoms. The first-order chi connectivity index (χ1) is 8.40. The van der Waals surface area contributed by atoms with E-state index in [0.717, 1.165) is 4.57 Å². The Morgan fingerprint density at radius 2 is 2.22 bits per heavy atom. The summed E-state index contributed by atoms with van der Waals surface area (Å²) in [5, 5.41) is 11.8. The van der Waals surface area contributed by atoms with E-state index in [2.05, 4.69) is 10.3 Å². The highest BCUT2D eigenvalue weighted by atomic mass is 16.3. The van der Waals surface area contributed by atoms with E-state index in [1.54, 1.807) is 6.92 Å². The zero-order valence-corrected chi connectivity index (χ0v) is 10.4. The number of nitrogens with zero attached hydrogens (tertiary/aromatic N) is 1. The number of carbonyl (C=O) groups is 1. The standard InChI is InChI=1S/C11H17N3O4/c1-3-11(2,7-15)13-9(17)6-14-5-4-8(16)12-10(14)18/h4-5,15H,3,6-7H2,1-2H3,(H,13,17)(H,12,16,18). The average Bonchev–Trinajstić information content (AvgIpc) is 2.32. The Morgan fingerprint density at radius 3 is 2.72 bits per heavy atom. The smallest absolute Gasteiger partial charge is 0.328 e. The van der Waals surface area contributed by atoms with Gasteiger partial charge in [-0.3, -0.25) is 19.1 Å². The van der Waals surface area contributed by atoms with Crippen molar-refractivity contribution in [2.24, 2.45) is 0 Å². The molecule has 0 fully saturated rings. The van der Waals surface area contributed by atoms with Crippen LogP contribution in [0.4, 0.5) is 0 Å². The van der Waals surface area contributed by atoms with Gasteiger partial charge in [-0.1, -0.05) is 6.92 Å². The zero-order valence-electron chi connectivity index (χ0n) is 10.4. The molecule has 18 heavy (non-hydrogen) atoms. The highest BCUT2D eigenvalue weighted by Crippen LogP contribution is 2.07. The van der Waals surface area contributed by atoms with Crippen molar-refractivity contribution >= 4 is 5.91 Å². The maximum atomic E-state index is 11.7. The number of aliphatic hydroxyl groups excluding tert-OH is 1. The molecule has 7 nitrogen and oxygen atoms in total. The molecule has 0 spiro atoms. The van der Waals surface area contributed by atoms with Crippen molar-refractivity contribution < 1.29 is 9.90 Å². The Balaban J connectivity index is 2.77. The second-order valence-electron chi connectivity index (χ2n) is 4.36. The van der Waals surface area contributed by atoms with E-state index in [1.807, 2.05) is 6.92 Å². The number of nitrogens with one attached hydrogen (secondary N) is 2. The van der Waals surface area contributed by atoms with Gasteiger partial charge in [0.05, 0.1) is 12.1 Å². The molecule has 1 aromatic rings. The summed E-state index contributed by atoms with van der Waals surface area (Å²) in [5.74, 6) is -0.400. The van der Waals surface area contributed by atoms with Crippen LogP contribution in [0.15, 0.2) is 21.9 Å². The summed E-state index contributed by atoms with van der Waals surface area (Å²) < 4.78 is 1.09. The molecule has 0 aromatic carbocycles. The van der Waals surface area contributed by atoms with E-state index in [4.69, 9.17) is 5.11 Å². The fraction of sp³-hybridized carbons (Fsp3) is 0.545. The van der Waals surface area contributed by atoms with Gasteiger partial charge < -0.3 is 10.4 Å². The third-order valence-electron chi connectivity index (χ3n) is 2.78. The number of aromatic amines is 1. The van der Waals surface area contributed by atoms with Crippen molar-refractivity contribution in [3.05, 3.63) is 33.1 Å². The Bertz CT molecular complexity index is 528. The lowest BCUT2D eigenvalue weighted by molar-refractivity contribution is -0.124. The second kappa shape index (κ2) is 5.63. The fourth-order valence-electron chi connectivity index (χ4n) is 1.34. The van der Waals surface area contributed by atoms with Gasteiger partial charge in [-0.05, 0) is 13.3 Å². The fourth-order valence-corrected chi connectivity index (χ4v) is 1.34. The van der Waals surface area contributed by atoms with Gasteiger partial charge in [0.1, 0.15) is 6.54 Å². The average molecular weight is 255 g/mol. The summed E-state index contributed by atoms with van der Waals surface area (Å²) >= 11 is 0. The molecule has 1 unspecified atom stereocenters. The highest BCUT2D eigenvalue weighted by Gasteiger charge is 2.23. The highest BCUT2D eigenvalue weighted by molar-refractivity contribution is 5.76. The van der Waals surface area contributed by atoms with Crippen LogP contribution in [0.5, 0.6) is 0 Å². The van der Waals surface area contributed by atoms with Crippen molar-refractivity contribution in [3.8, 4) is 0 Å². The summed E-state index contributed by atoms with van der Waals surface area (Å²) in [5.41, 5.74) is -1.85. The first-order valence-electron chi connectivity index (χ1n) is 5.62. The first kappa shape index (κ1) is 14.2. The van der Waals surface area contributed by atoms with Crippen molar-refractivity contribution in [3.63, 3.8) is 0 Å². The molecule has 0 saturated carbocycles. The number of aromatic nitrogens is 2. The van der Waals surface area contributed by atoms with Gasteiger partial charge in [-0.2, -0.15) is 0 Å². The van der Waals surface area contributed by atoms with E-state index in [1.165, 1.54) is 12.3 Å². The van der Waals surface area contributed by atoms with Gasteiger partial charge in [0.15, 0.2) is 0 Å². The number of rotatable bonds is 5. The van der Waals surface area contributed by atoms with Crippen molar-refractivity contribution in [2.45, 2.75) is 32.4 Å². The monoisotopic (exact) mass is 255 g/mol. The number of H-pyrrole nitrogens is 1. The van der Waals surface area contributed by atoms with E-state index in [0.29, 0.717) is 6.42 Å². The molecular weight excluding hydrogens is 238 g/mol. The number of hydrogen-bond acceptors (Lipinski definition) is 4. The molecule has 1 amide bonds. The predicted molar refractivity (Wildman–Crippen MR) is 65.2 cm³/mol. The molecule has 100 valence electrons. The van der Waals surface area contributed by atoms with Gasteiger partial charge in [0.25, 0.3) is 5.56 Å². The first-order valence-corrected chi connectivity index (χ1v) is 5.62. The minimum Gasteiger partial charge on any atom is -0.394 e. The molecule has 0 saturated heterocycles. The van der Waals surface area contributed by atoms with Gasteiger partial charge >= 0.3 is 5.69 Å². The Hall–Kier alpha value is -1.89. The van der Waals surface area contributed by atoms with Crippen molar-refractivity contribution in [1.82, 2.24) is 14.9 Å². The minimum atomic E-state index is -0.705. The number of carbonyl (C=O) groups excluding carboxylic acids is 1. The van der Waals surface area contributed by atoms with Crippen LogP contribution in [0.1, 0.15) is 20.3 Å². The Kier molecular flexibility index (Phi) is 4.43. The zero-order chi connectivity index (χ0) is 13.8. The maximum Gasteiger partial charge on any atom is 0.328 e. The SMILES string of the molecule is CCC(C)(CO)NC(=O)Cn1ccc(=O)[nH]c1=O. The summed E-state index contributed by atoms with van der Waals surface area (Å²) in [7, 11) is 0. The molecule has 1 heterocycles.